The third kappa shape index (κ3) is 3.77. The molecule has 1 unspecified atom stereocenters. The summed E-state index contributed by atoms with van der Waals surface area (Å²) in [7, 11) is 0. The molecule has 0 aliphatic rings. The van der Waals surface area contributed by atoms with Crippen molar-refractivity contribution < 1.29 is 4.79 Å². The molecule has 1 heterocycles. The highest BCUT2D eigenvalue weighted by Crippen LogP contribution is 2.24. The van der Waals surface area contributed by atoms with E-state index < -0.39 is 5.54 Å². The van der Waals surface area contributed by atoms with Crippen molar-refractivity contribution in [2.45, 2.75) is 36.7 Å². The molecule has 16 heavy (non-hydrogen) atoms. The Bertz CT molecular complexity index is 340. The van der Waals surface area contributed by atoms with Crippen molar-refractivity contribution in [3.63, 3.8) is 0 Å². The van der Waals surface area contributed by atoms with Crippen LogP contribution in [-0.4, -0.2) is 28.2 Å². The number of hydrogen-bond donors (Lipinski definition) is 2. The fourth-order valence-electron chi connectivity index (χ4n) is 1.31. The number of carbonyl (C=O) groups excluding carboxylic acids is 1. The van der Waals surface area contributed by atoms with Crippen molar-refractivity contribution in [2.24, 2.45) is 5.73 Å². The summed E-state index contributed by atoms with van der Waals surface area (Å²) in [5.41, 5.74) is 4.74. The highest BCUT2D eigenvalue weighted by Gasteiger charge is 2.31. The van der Waals surface area contributed by atoms with Crippen molar-refractivity contribution in [3.8, 4) is 0 Å². The maximum Gasteiger partial charge on any atom is 0.238 e. The zero-order chi connectivity index (χ0) is 12.2. The molecule has 90 valence electrons. The lowest BCUT2D eigenvalue weighted by atomic mass is 10.0. The van der Waals surface area contributed by atoms with Crippen LogP contribution in [0.15, 0.2) is 15.9 Å². The van der Waals surface area contributed by atoms with E-state index in [1.54, 1.807) is 29.3 Å². The van der Waals surface area contributed by atoms with Crippen LogP contribution < -0.4 is 11.1 Å². The van der Waals surface area contributed by atoms with Crippen molar-refractivity contribution >= 4 is 29.0 Å². The molecule has 1 amide bonds. The van der Waals surface area contributed by atoms with Gasteiger partial charge in [-0.25, -0.2) is 4.98 Å². The molecule has 0 saturated heterocycles. The van der Waals surface area contributed by atoms with E-state index >= 15 is 0 Å². The Morgan fingerprint density at radius 3 is 2.88 bits per heavy atom. The largest absolute Gasteiger partial charge is 0.368 e. The molecule has 1 aromatic heterocycles. The zero-order valence-electron chi connectivity index (χ0n) is 9.69. The van der Waals surface area contributed by atoms with E-state index in [2.05, 4.69) is 10.3 Å². The topological polar surface area (TPSA) is 68.0 Å². The molecule has 3 N–H and O–H groups in total. The van der Waals surface area contributed by atoms with E-state index in [1.807, 2.05) is 26.2 Å². The standard InChI is InChI=1S/C10H17N3OS2/c1-7(2)13-10(3,8(11)14)6-16-9-12-4-5-15-9/h4-5,7,13H,6H2,1-3H3,(H2,11,14). The van der Waals surface area contributed by atoms with Crippen molar-refractivity contribution in [1.29, 1.82) is 0 Å². The number of primary amides is 1. The minimum Gasteiger partial charge on any atom is -0.368 e. The van der Waals surface area contributed by atoms with E-state index in [9.17, 15) is 4.79 Å². The molecule has 0 spiro atoms. The second-order valence-electron chi connectivity index (χ2n) is 4.08. The van der Waals surface area contributed by atoms with Crippen LogP contribution >= 0.6 is 23.1 Å². The lowest BCUT2D eigenvalue weighted by Gasteiger charge is -2.29. The van der Waals surface area contributed by atoms with Gasteiger partial charge in [0.05, 0.1) is 0 Å². The lowest BCUT2D eigenvalue weighted by molar-refractivity contribution is -0.123. The van der Waals surface area contributed by atoms with Crippen LogP contribution in [-0.2, 0) is 4.79 Å². The summed E-state index contributed by atoms with van der Waals surface area (Å²) in [5.74, 6) is 0.263. The Morgan fingerprint density at radius 1 is 1.75 bits per heavy atom. The normalized spacial score (nSPS) is 15.0. The van der Waals surface area contributed by atoms with Crippen molar-refractivity contribution in [1.82, 2.24) is 10.3 Å². The monoisotopic (exact) mass is 259 g/mol. The van der Waals surface area contributed by atoms with E-state index in [0.29, 0.717) is 5.75 Å². The van der Waals surface area contributed by atoms with Gasteiger partial charge in [-0.15, -0.1) is 11.3 Å². The average Bonchev–Trinajstić information content (AvgIpc) is 2.65. The van der Waals surface area contributed by atoms with Crippen LogP contribution in [0.3, 0.4) is 0 Å². The molecule has 1 aromatic rings. The number of nitrogens with zero attached hydrogens (tertiary/aromatic N) is 1. The first-order chi connectivity index (χ1) is 7.44. The molecule has 6 heteroatoms. The van der Waals surface area contributed by atoms with Gasteiger partial charge in [0.1, 0.15) is 9.88 Å². The number of amides is 1. The Balaban J connectivity index is 2.61. The van der Waals surface area contributed by atoms with E-state index in [0.717, 1.165) is 4.34 Å². The van der Waals surface area contributed by atoms with Crippen molar-refractivity contribution in [2.75, 3.05) is 5.75 Å². The third-order valence-corrected chi connectivity index (χ3v) is 4.33. The van der Waals surface area contributed by atoms with Gasteiger partial charge >= 0.3 is 0 Å². The van der Waals surface area contributed by atoms with E-state index in [4.69, 9.17) is 5.73 Å². The van der Waals surface area contributed by atoms with Gasteiger partial charge in [-0.2, -0.15) is 0 Å². The molecule has 1 atom stereocenters. The number of hydrogen-bond acceptors (Lipinski definition) is 5. The summed E-state index contributed by atoms with van der Waals surface area (Å²) in [6.07, 6.45) is 1.75. The summed E-state index contributed by atoms with van der Waals surface area (Å²) >= 11 is 3.11. The molecular formula is C10H17N3OS2. The molecular weight excluding hydrogens is 242 g/mol. The average molecular weight is 259 g/mol. The van der Waals surface area contributed by atoms with E-state index in [-0.39, 0.29) is 11.9 Å². The van der Waals surface area contributed by atoms with Gasteiger partial charge in [0.15, 0.2) is 0 Å². The summed E-state index contributed by atoms with van der Waals surface area (Å²) in [6.45, 7) is 5.82. The lowest BCUT2D eigenvalue weighted by Crippen LogP contribution is -2.57. The van der Waals surface area contributed by atoms with Gasteiger partial charge in [0, 0.05) is 23.4 Å². The van der Waals surface area contributed by atoms with Gasteiger partial charge in [0.2, 0.25) is 5.91 Å². The van der Waals surface area contributed by atoms with Crippen LogP contribution in [0, 0.1) is 0 Å². The van der Waals surface area contributed by atoms with Crippen LogP contribution in [0.2, 0.25) is 0 Å². The number of aromatic nitrogens is 1. The molecule has 0 radical (unpaired) electrons. The molecule has 4 nitrogen and oxygen atoms in total. The van der Waals surface area contributed by atoms with Crippen LogP contribution in [0.4, 0.5) is 0 Å². The molecule has 0 bridgehead atoms. The number of nitrogens with two attached hydrogens (primary N) is 1. The predicted molar refractivity (Wildman–Crippen MR) is 68.7 cm³/mol. The van der Waals surface area contributed by atoms with Crippen LogP contribution in [0.25, 0.3) is 0 Å². The highest BCUT2D eigenvalue weighted by atomic mass is 32.2. The maximum absolute atomic E-state index is 11.4. The first kappa shape index (κ1) is 13.5. The second kappa shape index (κ2) is 5.65. The smallest absolute Gasteiger partial charge is 0.238 e. The SMILES string of the molecule is CC(C)NC(C)(CSc1nccs1)C(N)=O. The third-order valence-electron chi connectivity index (χ3n) is 2.05. The van der Waals surface area contributed by atoms with Gasteiger partial charge in [-0.3, -0.25) is 4.79 Å². The fraction of sp³-hybridized carbons (Fsp3) is 0.600. The van der Waals surface area contributed by atoms with Gasteiger partial charge < -0.3 is 11.1 Å². The molecule has 0 aliphatic heterocycles. The fourth-order valence-corrected chi connectivity index (χ4v) is 3.06. The molecule has 1 rings (SSSR count). The first-order valence-electron chi connectivity index (χ1n) is 5.04. The predicted octanol–water partition coefficient (Wildman–Crippen LogP) is 1.48. The zero-order valence-corrected chi connectivity index (χ0v) is 11.3. The summed E-state index contributed by atoms with van der Waals surface area (Å²) in [5, 5.41) is 5.12. The second-order valence-corrected chi connectivity index (χ2v) is 6.20. The molecule has 0 fully saturated rings. The maximum atomic E-state index is 11.4. The minimum absolute atomic E-state index is 0.217. The van der Waals surface area contributed by atoms with Crippen LogP contribution in [0.5, 0.6) is 0 Å². The van der Waals surface area contributed by atoms with Crippen molar-refractivity contribution in [3.05, 3.63) is 11.6 Å². The Morgan fingerprint density at radius 2 is 2.44 bits per heavy atom. The number of thioether (sulfide) groups is 1. The number of rotatable bonds is 6. The van der Waals surface area contributed by atoms with Gasteiger partial charge in [-0.1, -0.05) is 11.8 Å². The molecule has 0 saturated carbocycles. The van der Waals surface area contributed by atoms with Gasteiger partial charge in [0.25, 0.3) is 0 Å². The molecule has 0 aromatic carbocycles. The quantitative estimate of drug-likeness (QED) is 0.759. The first-order valence-corrected chi connectivity index (χ1v) is 6.90. The Labute approximate surface area is 104 Å². The molecule has 0 aliphatic carbocycles. The van der Waals surface area contributed by atoms with E-state index in [1.165, 1.54) is 0 Å². The number of nitrogens with one attached hydrogen (secondary N) is 1. The van der Waals surface area contributed by atoms with Gasteiger partial charge in [-0.05, 0) is 20.8 Å². The summed E-state index contributed by atoms with van der Waals surface area (Å²) in [4.78, 5) is 15.6. The van der Waals surface area contributed by atoms with Crippen LogP contribution in [0.1, 0.15) is 20.8 Å². The number of carbonyl (C=O) groups is 1. The Hall–Kier alpha value is -0.590. The highest BCUT2D eigenvalue weighted by molar-refractivity contribution is 8.01. The number of thiazole rings is 1. The summed E-state index contributed by atoms with van der Waals surface area (Å²) in [6, 6.07) is 0.217. The summed E-state index contributed by atoms with van der Waals surface area (Å²) < 4.78 is 0.957. The Kier molecular flexibility index (Phi) is 4.76. The minimum atomic E-state index is -0.690.